The molecule has 1 saturated heterocycles. The summed E-state index contributed by atoms with van der Waals surface area (Å²) in [6.45, 7) is 2.69. The summed E-state index contributed by atoms with van der Waals surface area (Å²) >= 11 is 1.69. The second-order valence-corrected chi connectivity index (χ2v) is 3.88. The zero-order valence-electron chi connectivity index (χ0n) is 6.82. The fourth-order valence-corrected chi connectivity index (χ4v) is 1.82. The summed E-state index contributed by atoms with van der Waals surface area (Å²) < 4.78 is 5.25. The first-order valence-electron chi connectivity index (χ1n) is 4.13. The van der Waals surface area contributed by atoms with Gasteiger partial charge in [0.1, 0.15) is 0 Å². The highest BCUT2D eigenvalue weighted by Gasteiger charge is 2.14. The quantitative estimate of drug-likeness (QED) is 0.761. The Balaban J connectivity index is 1.74. The van der Waals surface area contributed by atoms with Crippen LogP contribution < -0.4 is 5.32 Å². The Hall–Kier alpha value is -0.450. The number of hydrogen-bond acceptors (Lipinski definition) is 4. The molecule has 0 radical (unpaired) electrons. The van der Waals surface area contributed by atoms with Crippen LogP contribution in [0.25, 0.3) is 0 Å². The van der Waals surface area contributed by atoms with E-state index in [2.05, 4.69) is 10.3 Å². The number of rotatable bonds is 3. The maximum absolute atomic E-state index is 5.25. The van der Waals surface area contributed by atoms with Crippen molar-refractivity contribution in [3.8, 4) is 0 Å². The second kappa shape index (κ2) is 3.98. The number of ether oxygens (including phenoxy) is 1. The van der Waals surface area contributed by atoms with Gasteiger partial charge in [-0.05, 0) is 6.42 Å². The highest BCUT2D eigenvalue weighted by Crippen LogP contribution is 2.08. The lowest BCUT2D eigenvalue weighted by molar-refractivity contribution is 0.190. The van der Waals surface area contributed by atoms with E-state index >= 15 is 0 Å². The van der Waals surface area contributed by atoms with Crippen molar-refractivity contribution in [1.82, 2.24) is 10.3 Å². The minimum Gasteiger partial charge on any atom is -0.380 e. The number of nitrogens with zero attached hydrogens (tertiary/aromatic N) is 1. The lowest BCUT2D eigenvalue weighted by Crippen LogP contribution is -2.28. The van der Waals surface area contributed by atoms with Crippen LogP contribution in [0.5, 0.6) is 0 Å². The van der Waals surface area contributed by atoms with Crippen LogP contribution in [0, 0.1) is 0 Å². The van der Waals surface area contributed by atoms with Gasteiger partial charge < -0.3 is 10.1 Å². The minimum absolute atomic E-state index is 0.548. The number of aromatic nitrogens is 1. The molecule has 1 aliphatic rings. The monoisotopic (exact) mass is 184 g/mol. The first-order chi connectivity index (χ1) is 5.95. The molecule has 2 heterocycles. The Morgan fingerprint density at radius 3 is 3.42 bits per heavy atom. The predicted molar refractivity (Wildman–Crippen MR) is 48.2 cm³/mol. The van der Waals surface area contributed by atoms with Crippen molar-refractivity contribution in [2.24, 2.45) is 0 Å². The molecule has 1 N–H and O–H groups in total. The normalized spacial score (nSPS) is 23.2. The fraction of sp³-hybridized carbons (Fsp3) is 0.625. The van der Waals surface area contributed by atoms with E-state index < -0.39 is 0 Å². The molecule has 1 fully saturated rings. The molecule has 2 rings (SSSR count). The Labute approximate surface area is 75.8 Å². The Morgan fingerprint density at radius 2 is 2.75 bits per heavy atom. The van der Waals surface area contributed by atoms with Crippen molar-refractivity contribution in [1.29, 1.82) is 0 Å². The van der Waals surface area contributed by atoms with Gasteiger partial charge in [-0.3, -0.25) is 4.98 Å². The van der Waals surface area contributed by atoms with Gasteiger partial charge in [-0.15, -0.1) is 11.3 Å². The summed E-state index contributed by atoms with van der Waals surface area (Å²) in [7, 11) is 0. The van der Waals surface area contributed by atoms with Crippen LogP contribution in [0.1, 0.15) is 11.3 Å². The van der Waals surface area contributed by atoms with Gasteiger partial charge >= 0.3 is 0 Å². The molecule has 1 aliphatic heterocycles. The summed E-state index contributed by atoms with van der Waals surface area (Å²) in [6.07, 6.45) is 3.05. The zero-order valence-corrected chi connectivity index (χ0v) is 7.64. The second-order valence-electron chi connectivity index (χ2n) is 2.91. The third kappa shape index (κ3) is 2.03. The van der Waals surface area contributed by atoms with Gasteiger partial charge in [0.05, 0.1) is 12.1 Å². The molecule has 12 heavy (non-hydrogen) atoms. The van der Waals surface area contributed by atoms with Gasteiger partial charge in [0.2, 0.25) is 0 Å². The molecule has 0 bridgehead atoms. The van der Waals surface area contributed by atoms with Gasteiger partial charge in [0.25, 0.3) is 0 Å². The summed E-state index contributed by atoms with van der Waals surface area (Å²) in [6, 6.07) is 0.548. The molecule has 0 aliphatic carbocycles. The van der Waals surface area contributed by atoms with Crippen LogP contribution in [0.4, 0.5) is 0 Å². The van der Waals surface area contributed by atoms with Crippen LogP contribution >= 0.6 is 11.3 Å². The topological polar surface area (TPSA) is 34.2 Å². The first kappa shape index (κ1) is 8.16. The maximum Gasteiger partial charge on any atom is 0.0794 e. The van der Waals surface area contributed by atoms with E-state index in [9.17, 15) is 0 Å². The fourth-order valence-electron chi connectivity index (χ4n) is 1.27. The van der Waals surface area contributed by atoms with Gasteiger partial charge in [-0.1, -0.05) is 0 Å². The van der Waals surface area contributed by atoms with Crippen LogP contribution in [-0.2, 0) is 11.3 Å². The van der Waals surface area contributed by atoms with Crippen molar-refractivity contribution in [3.05, 3.63) is 16.6 Å². The highest BCUT2D eigenvalue weighted by atomic mass is 32.1. The van der Waals surface area contributed by atoms with Gasteiger partial charge in [0, 0.05) is 30.3 Å². The Bertz CT molecular complexity index is 219. The maximum atomic E-state index is 5.25. The van der Waals surface area contributed by atoms with Crippen molar-refractivity contribution in [2.75, 3.05) is 13.2 Å². The van der Waals surface area contributed by atoms with Gasteiger partial charge in [-0.2, -0.15) is 0 Å². The molecular weight excluding hydrogens is 172 g/mol. The van der Waals surface area contributed by atoms with Crippen LogP contribution in [0.3, 0.4) is 0 Å². The number of nitrogens with one attached hydrogen (secondary N) is 1. The van der Waals surface area contributed by atoms with Crippen molar-refractivity contribution >= 4 is 11.3 Å². The molecule has 3 nitrogen and oxygen atoms in total. The average molecular weight is 184 g/mol. The smallest absolute Gasteiger partial charge is 0.0794 e. The minimum atomic E-state index is 0.548. The lowest BCUT2D eigenvalue weighted by atomic mass is 10.2. The van der Waals surface area contributed by atoms with E-state index in [0.717, 1.165) is 26.2 Å². The molecule has 66 valence electrons. The van der Waals surface area contributed by atoms with Crippen molar-refractivity contribution in [2.45, 2.75) is 19.0 Å². The average Bonchev–Trinajstić information content (AvgIpc) is 2.74. The number of thiazole rings is 1. The Morgan fingerprint density at radius 1 is 1.75 bits per heavy atom. The van der Waals surface area contributed by atoms with E-state index in [1.807, 2.05) is 11.7 Å². The summed E-state index contributed by atoms with van der Waals surface area (Å²) in [5.41, 5.74) is 1.86. The molecule has 4 heteroatoms. The van der Waals surface area contributed by atoms with Crippen molar-refractivity contribution < 1.29 is 4.74 Å². The third-order valence-electron chi connectivity index (χ3n) is 1.98. The lowest BCUT2D eigenvalue weighted by Gasteiger charge is -2.07. The molecule has 1 atom stereocenters. The van der Waals surface area contributed by atoms with E-state index in [4.69, 9.17) is 4.74 Å². The van der Waals surface area contributed by atoms with Crippen LogP contribution in [-0.4, -0.2) is 24.2 Å². The summed E-state index contributed by atoms with van der Waals surface area (Å²) in [5, 5.41) is 3.43. The largest absolute Gasteiger partial charge is 0.380 e. The van der Waals surface area contributed by atoms with E-state index in [0.29, 0.717) is 6.04 Å². The molecule has 1 aromatic heterocycles. The third-order valence-corrected chi connectivity index (χ3v) is 2.76. The van der Waals surface area contributed by atoms with Gasteiger partial charge in [0.15, 0.2) is 0 Å². The SMILES string of the molecule is c1ncc(CNC2CCOC2)s1. The predicted octanol–water partition coefficient (Wildman–Crippen LogP) is 1.02. The molecule has 0 aromatic carbocycles. The molecule has 0 spiro atoms. The summed E-state index contributed by atoms with van der Waals surface area (Å²) in [5.74, 6) is 0. The molecule has 0 saturated carbocycles. The van der Waals surface area contributed by atoms with Crippen LogP contribution in [0.15, 0.2) is 11.7 Å². The summed E-state index contributed by atoms with van der Waals surface area (Å²) in [4.78, 5) is 5.31. The molecular formula is C8H12N2OS. The molecule has 1 unspecified atom stereocenters. The van der Waals surface area contributed by atoms with E-state index in [1.54, 1.807) is 11.3 Å². The standard InChI is InChI=1S/C8H12N2OS/c1-2-11-5-7(1)10-4-8-3-9-6-12-8/h3,6-7,10H,1-2,4-5H2. The Kier molecular flexibility index (Phi) is 2.71. The van der Waals surface area contributed by atoms with Crippen LogP contribution in [0.2, 0.25) is 0 Å². The van der Waals surface area contributed by atoms with Gasteiger partial charge in [-0.25, -0.2) is 0 Å². The number of hydrogen-bond donors (Lipinski definition) is 1. The first-order valence-corrected chi connectivity index (χ1v) is 5.01. The molecule has 0 amide bonds. The highest BCUT2D eigenvalue weighted by molar-refractivity contribution is 7.09. The van der Waals surface area contributed by atoms with E-state index in [1.165, 1.54) is 4.88 Å². The zero-order chi connectivity index (χ0) is 8.23. The van der Waals surface area contributed by atoms with E-state index in [-0.39, 0.29) is 0 Å². The molecule has 1 aromatic rings. The van der Waals surface area contributed by atoms with Crippen molar-refractivity contribution in [3.63, 3.8) is 0 Å².